The number of carboxylic acids is 1. The zero-order chi connectivity index (χ0) is 14.8. The highest BCUT2D eigenvalue weighted by atomic mass is 16.5. The van der Waals surface area contributed by atoms with Gasteiger partial charge < -0.3 is 15.2 Å². The van der Waals surface area contributed by atoms with Crippen LogP contribution in [0.15, 0.2) is 24.3 Å². The number of rotatable bonds is 6. The summed E-state index contributed by atoms with van der Waals surface area (Å²) in [6.07, 6.45) is 2.39. The minimum Gasteiger partial charge on any atom is -0.488 e. The summed E-state index contributed by atoms with van der Waals surface area (Å²) in [4.78, 5) is 22.0. The number of nitrogens with one attached hydrogen (secondary N) is 1. The van der Waals surface area contributed by atoms with Crippen LogP contribution in [0.1, 0.15) is 37.0 Å². The first-order valence-electron chi connectivity index (χ1n) is 6.67. The highest BCUT2D eigenvalue weighted by Gasteiger charge is 2.39. The van der Waals surface area contributed by atoms with Gasteiger partial charge in [-0.3, -0.25) is 9.59 Å². The molecule has 1 saturated carbocycles. The lowest BCUT2D eigenvalue weighted by Gasteiger charge is -2.26. The first-order valence-corrected chi connectivity index (χ1v) is 6.67. The standard InChI is InChI=1S/C15H19NO4/c1-15(2,11-5-6-11)20-12-7-3-10(4-8-12)14(19)16-9-13(17)18/h3-4,7-8,11H,5-6,9H2,1-2H3,(H,16,19)(H,17,18). The zero-order valence-corrected chi connectivity index (χ0v) is 11.7. The maximum absolute atomic E-state index is 11.6. The molecule has 0 bridgehead atoms. The van der Waals surface area contributed by atoms with Crippen molar-refractivity contribution in [3.05, 3.63) is 29.8 Å². The van der Waals surface area contributed by atoms with E-state index in [2.05, 4.69) is 19.2 Å². The molecule has 1 fully saturated rings. The number of hydrogen-bond acceptors (Lipinski definition) is 3. The fourth-order valence-corrected chi connectivity index (χ4v) is 2.10. The molecule has 0 heterocycles. The van der Waals surface area contributed by atoms with Crippen LogP contribution >= 0.6 is 0 Å². The number of carbonyl (C=O) groups is 2. The van der Waals surface area contributed by atoms with E-state index < -0.39 is 11.9 Å². The fourth-order valence-electron chi connectivity index (χ4n) is 2.10. The summed E-state index contributed by atoms with van der Waals surface area (Å²) >= 11 is 0. The quantitative estimate of drug-likeness (QED) is 0.834. The number of benzene rings is 1. The third-order valence-corrected chi connectivity index (χ3v) is 3.46. The molecule has 0 aromatic heterocycles. The van der Waals surface area contributed by atoms with E-state index in [-0.39, 0.29) is 12.1 Å². The normalized spacial score (nSPS) is 14.7. The summed E-state index contributed by atoms with van der Waals surface area (Å²) in [7, 11) is 0. The molecule has 108 valence electrons. The van der Waals surface area contributed by atoms with Gasteiger partial charge in [0.1, 0.15) is 17.9 Å². The van der Waals surface area contributed by atoms with Crippen molar-refractivity contribution >= 4 is 11.9 Å². The fraction of sp³-hybridized carbons (Fsp3) is 0.467. The van der Waals surface area contributed by atoms with Crippen molar-refractivity contribution < 1.29 is 19.4 Å². The van der Waals surface area contributed by atoms with Crippen LogP contribution in [-0.2, 0) is 4.79 Å². The molecule has 5 heteroatoms. The third-order valence-electron chi connectivity index (χ3n) is 3.46. The Morgan fingerprint density at radius 2 is 1.90 bits per heavy atom. The van der Waals surface area contributed by atoms with E-state index in [0.717, 1.165) is 5.75 Å². The van der Waals surface area contributed by atoms with Gasteiger partial charge in [0.25, 0.3) is 5.91 Å². The first-order chi connectivity index (χ1) is 9.38. The van der Waals surface area contributed by atoms with Crippen LogP contribution in [0.25, 0.3) is 0 Å². The van der Waals surface area contributed by atoms with Gasteiger partial charge in [-0.2, -0.15) is 0 Å². The van der Waals surface area contributed by atoms with E-state index in [9.17, 15) is 9.59 Å². The average Bonchev–Trinajstić information content (AvgIpc) is 3.21. The van der Waals surface area contributed by atoms with E-state index in [1.165, 1.54) is 12.8 Å². The lowest BCUT2D eigenvalue weighted by molar-refractivity contribution is -0.135. The Kier molecular flexibility index (Phi) is 3.97. The minimum atomic E-state index is -1.07. The molecule has 1 amide bonds. The molecule has 0 radical (unpaired) electrons. The lowest BCUT2D eigenvalue weighted by Crippen LogP contribution is -2.31. The molecule has 0 atom stereocenters. The summed E-state index contributed by atoms with van der Waals surface area (Å²) in [6, 6.07) is 6.74. The summed E-state index contributed by atoms with van der Waals surface area (Å²) in [5, 5.41) is 10.8. The van der Waals surface area contributed by atoms with Gasteiger partial charge in [-0.1, -0.05) is 0 Å². The summed E-state index contributed by atoms with van der Waals surface area (Å²) < 4.78 is 5.93. The second-order valence-corrected chi connectivity index (χ2v) is 5.58. The molecule has 1 aliphatic carbocycles. The Morgan fingerprint density at radius 1 is 1.30 bits per heavy atom. The molecule has 1 aromatic carbocycles. The van der Waals surface area contributed by atoms with E-state index in [1.54, 1.807) is 24.3 Å². The van der Waals surface area contributed by atoms with E-state index >= 15 is 0 Å². The molecule has 2 rings (SSSR count). The highest BCUT2D eigenvalue weighted by molar-refractivity contribution is 5.95. The summed E-state index contributed by atoms with van der Waals surface area (Å²) in [5.74, 6) is -0.150. The van der Waals surface area contributed by atoms with Crippen LogP contribution in [0, 0.1) is 5.92 Å². The predicted molar refractivity (Wildman–Crippen MR) is 73.8 cm³/mol. The first kappa shape index (κ1) is 14.4. The van der Waals surface area contributed by atoms with Crippen LogP contribution in [0.3, 0.4) is 0 Å². The molecular formula is C15H19NO4. The third kappa shape index (κ3) is 3.73. The number of aliphatic carboxylic acids is 1. The number of ether oxygens (including phenoxy) is 1. The van der Waals surface area contributed by atoms with Gasteiger partial charge in [-0.25, -0.2) is 0 Å². The second kappa shape index (κ2) is 5.53. The molecule has 5 nitrogen and oxygen atoms in total. The van der Waals surface area contributed by atoms with Gasteiger partial charge in [-0.15, -0.1) is 0 Å². The molecule has 0 aliphatic heterocycles. The number of carboxylic acid groups (broad SMARTS) is 1. The van der Waals surface area contributed by atoms with Gasteiger partial charge in [-0.05, 0) is 56.9 Å². The largest absolute Gasteiger partial charge is 0.488 e. The van der Waals surface area contributed by atoms with Crippen LogP contribution < -0.4 is 10.1 Å². The summed E-state index contributed by atoms with van der Waals surface area (Å²) in [6.45, 7) is 3.75. The zero-order valence-electron chi connectivity index (χ0n) is 11.7. The average molecular weight is 277 g/mol. The van der Waals surface area contributed by atoms with E-state index in [0.29, 0.717) is 11.5 Å². The van der Waals surface area contributed by atoms with Gasteiger partial charge in [0.05, 0.1) is 0 Å². The predicted octanol–water partition coefficient (Wildman–Crippen LogP) is 2.07. The SMILES string of the molecule is CC(C)(Oc1ccc(C(=O)NCC(=O)O)cc1)C1CC1. The van der Waals surface area contributed by atoms with Gasteiger partial charge in [0.15, 0.2) is 0 Å². The molecule has 1 aliphatic rings. The Balaban J connectivity index is 1.95. The van der Waals surface area contributed by atoms with Gasteiger partial charge >= 0.3 is 5.97 Å². The second-order valence-electron chi connectivity index (χ2n) is 5.58. The van der Waals surface area contributed by atoms with E-state index in [1.807, 2.05) is 0 Å². The van der Waals surface area contributed by atoms with Gasteiger partial charge in [0, 0.05) is 5.56 Å². The van der Waals surface area contributed by atoms with Crippen molar-refractivity contribution in [1.82, 2.24) is 5.32 Å². The lowest BCUT2D eigenvalue weighted by atomic mass is 10.0. The molecule has 0 saturated heterocycles. The van der Waals surface area contributed by atoms with Crippen LogP contribution in [0.5, 0.6) is 5.75 Å². The topological polar surface area (TPSA) is 75.6 Å². The highest BCUT2D eigenvalue weighted by Crippen LogP contribution is 2.41. The monoisotopic (exact) mass is 277 g/mol. The Morgan fingerprint density at radius 3 is 2.40 bits per heavy atom. The smallest absolute Gasteiger partial charge is 0.322 e. The van der Waals surface area contributed by atoms with E-state index in [4.69, 9.17) is 9.84 Å². The number of carbonyl (C=O) groups excluding carboxylic acids is 1. The van der Waals surface area contributed by atoms with Crippen molar-refractivity contribution in [2.24, 2.45) is 5.92 Å². The Hall–Kier alpha value is -2.04. The molecule has 0 spiro atoms. The molecular weight excluding hydrogens is 258 g/mol. The van der Waals surface area contributed by atoms with Crippen molar-refractivity contribution in [1.29, 1.82) is 0 Å². The summed E-state index contributed by atoms with van der Waals surface area (Å²) in [5.41, 5.74) is 0.232. The number of amides is 1. The molecule has 0 unspecified atom stereocenters. The maximum atomic E-state index is 11.6. The molecule has 20 heavy (non-hydrogen) atoms. The van der Waals surface area contributed by atoms with Crippen LogP contribution in [-0.4, -0.2) is 29.1 Å². The number of hydrogen-bond donors (Lipinski definition) is 2. The van der Waals surface area contributed by atoms with Crippen LogP contribution in [0.4, 0.5) is 0 Å². The maximum Gasteiger partial charge on any atom is 0.322 e. The Bertz CT molecular complexity index is 503. The van der Waals surface area contributed by atoms with Crippen molar-refractivity contribution in [3.63, 3.8) is 0 Å². The van der Waals surface area contributed by atoms with Crippen molar-refractivity contribution in [2.75, 3.05) is 6.54 Å². The molecule has 2 N–H and O–H groups in total. The van der Waals surface area contributed by atoms with Crippen molar-refractivity contribution in [3.8, 4) is 5.75 Å². The molecule has 1 aromatic rings. The van der Waals surface area contributed by atoms with Crippen molar-refractivity contribution in [2.45, 2.75) is 32.3 Å². The minimum absolute atomic E-state index is 0.187. The van der Waals surface area contributed by atoms with Gasteiger partial charge in [0.2, 0.25) is 0 Å². The van der Waals surface area contributed by atoms with Crippen LogP contribution in [0.2, 0.25) is 0 Å². The Labute approximate surface area is 117 Å².